The molecule has 0 unspecified atom stereocenters. The fourth-order valence-corrected chi connectivity index (χ4v) is 1.41. The topological polar surface area (TPSA) is 61.0 Å². The van der Waals surface area contributed by atoms with Crippen LogP contribution in [0.4, 0.5) is 5.69 Å². The predicted molar refractivity (Wildman–Crippen MR) is 63.4 cm³/mol. The molecule has 0 bridgehead atoms. The molecule has 0 amide bonds. The maximum atomic E-state index is 5.84. The van der Waals surface area contributed by atoms with Gasteiger partial charge < -0.3 is 10.5 Å². The number of halogens is 1. The van der Waals surface area contributed by atoms with Crippen LogP contribution in [0.5, 0.6) is 6.01 Å². The second-order valence-electron chi connectivity index (χ2n) is 3.19. The van der Waals surface area contributed by atoms with Crippen molar-refractivity contribution in [3.63, 3.8) is 0 Å². The first-order valence-electron chi connectivity index (χ1n) is 4.62. The van der Waals surface area contributed by atoms with Gasteiger partial charge in [-0.05, 0) is 17.7 Å². The molecule has 0 aliphatic heterocycles. The minimum Gasteiger partial charge on any atom is -0.467 e. The molecule has 0 radical (unpaired) electrons. The molecule has 0 saturated heterocycles. The fourth-order valence-electron chi connectivity index (χ4n) is 1.29. The van der Waals surface area contributed by atoms with Crippen LogP contribution in [0, 0.1) is 0 Å². The van der Waals surface area contributed by atoms with E-state index in [1.807, 2.05) is 6.07 Å². The van der Waals surface area contributed by atoms with Gasteiger partial charge in [0.1, 0.15) is 0 Å². The van der Waals surface area contributed by atoms with Crippen LogP contribution in [0.1, 0.15) is 0 Å². The number of ether oxygens (including phenoxy) is 1. The average Bonchev–Trinajstić information content (AvgIpc) is 2.33. The van der Waals surface area contributed by atoms with Gasteiger partial charge in [-0.1, -0.05) is 17.7 Å². The third-order valence-corrected chi connectivity index (χ3v) is 2.48. The van der Waals surface area contributed by atoms with Crippen molar-refractivity contribution in [2.45, 2.75) is 0 Å². The molecule has 82 valence electrons. The molecule has 0 saturated carbocycles. The minimum atomic E-state index is 0.339. The Morgan fingerprint density at radius 1 is 1.19 bits per heavy atom. The van der Waals surface area contributed by atoms with Gasteiger partial charge in [-0.3, -0.25) is 0 Å². The molecular weight excluding hydrogens is 226 g/mol. The smallest absolute Gasteiger partial charge is 0.316 e. The van der Waals surface area contributed by atoms with Crippen molar-refractivity contribution >= 4 is 17.3 Å². The molecule has 2 N–H and O–H groups in total. The number of nitrogen functional groups attached to an aromatic ring is 1. The highest BCUT2D eigenvalue weighted by molar-refractivity contribution is 6.33. The number of aromatic nitrogens is 2. The normalized spacial score (nSPS) is 10.1. The van der Waals surface area contributed by atoms with Gasteiger partial charge >= 0.3 is 6.01 Å². The second kappa shape index (κ2) is 4.37. The summed E-state index contributed by atoms with van der Waals surface area (Å²) in [4.78, 5) is 8.04. The Morgan fingerprint density at radius 2 is 1.88 bits per heavy atom. The predicted octanol–water partition coefficient (Wildman–Crippen LogP) is 2.39. The molecule has 2 aromatic rings. The molecule has 0 aliphatic rings. The van der Waals surface area contributed by atoms with Crippen molar-refractivity contribution in [1.29, 1.82) is 0 Å². The van der Waals surface area contributed by atoms with E-state index in [-0.39, 0.29) is 0 Å². The van der Waals surface area contributed by atoms with Gasteiger partial charge in [-0.25, -0.2) is 9.97 Å². The molecular formula is C11H10ClN3O. The Labute approximate surface area is 98.0 Å². The molecule has 0 atom stereocenters. The Morgan fingerprint density at radius 3 is 2.44 bits per heavy atom. The SMILES string of the molecule is COc1ncc(-c2ccc(Cl)c(N)c2)cn1. The number of hydrogen-bond donors (Lipinski definition) is 1. The van der Waals surface area contributed by atoms with Gasteiger partial charge in [0.15, 0.2) is 0 Å². The van der Waals surface area contributed by atoms with Gasteiger partial charge in [-0.15, -0.1) is 0 Å². The summed E-state index contributed by atoms with van der Waals surface area (Å²) in [7, 11) is 1.52. The van der Waals surface area contributed by atoms with E-state index >= 15 is 0 Å². The third-order valence-electron chi connectivity index (χ3n) is 2.14. The summed E-state index contributed by atoms with van der Waals surface area (Å²) < 4.78 is 4.88. The average molecular weight is 236 g/mol. The number of rotatable bonds is 2. The first-order valence-corrected chi connectivity index (χ1v) is 5.00. The lowest BCUT2D eigenvalue weighted by Gasteiger charge is -2.04. The Hall–Kier alpha value is -1.81. The molecule has 1 aromatic carbocycles. The summed E-state index contributed by atoms with van der Waals surface area (Å²) >= 11 is 5.84. The van der Waals surface area contributed by atoms with E-state index in [1.54, 1.807) is 24.5 Å². The Kier molecular flexibility index (Phi) is 2.92. The number of methoxy groups -OCH3 is 1. The number of nitrogens with two attached hydrogens (primary N) is 1. The summed E-state index contributed by atoms with van der Waals surface area (Å²) in [5.41, 5.74) is 8.04. The van der Waals surface area contributed by atoms with Crippen molar-refractivity contribution in [2.75, 3.05) is 12.8 Å². The van der Waals surface area contributed by atoms with Crippen LogP contribution in [0.15, 0.2) is 30.6 Å². The highest BCUT2D eigenvalue weighted by Crippen LogP contribution is 2.26. The second-order valence-corrected chi connectivity index (χ2v) is 3.60. The molecule has 5 heteroatoms. The fraction of sp³-hybridized carbons (Fsp3) is 0.0909. The first-order chi connectivity index (χ1) is 7.70. The monoisotopic (exact) mass is 235 g/mol. The summed E-state index contributed by atoms with van der Waals surface area (Å²) in [6, 6.07) is 5.74. The lowest BCUT2D eigenvalue weighted by atomic mass is 10.1. The van der Waals surface area contributed by atoms with Gasteiger partial charge in [0, 0.05) is 18.0 Å². The van der Waals surface area contributed by atoms with Gasteiger partial charge in [0.05, 0.1) is 17.8 Å². The van der Waals surface area contributed by atoms with Crippen LogP contribution in [-0.4, -0.2) is 17.1 Å². The maximum Gasteiger partial charge on any atom is 0.316 e. The van der Waals surface area contributed by atoms with E-state index in [1.165, 1.54) is 7.11 Å². The largest absolute Gasteiger partial charge is 0.467 e. The van der Waals surface area contributed by atoms with Crippen LogP contribution in [0.2, 0.25) is 5.02 Å². The zero-order chi connectivity index (χ0) is 11.5. The van der Waals surface area contributed by atoms with Crippen molar-refractivity contribution in [1.82, 2.24) is 9.97 Å². The molecule has 1 aromatic heterocycles. The Bertz CT molecular complexity index is 499. The number of nitrogens with zero attached hydrogens (tertiary/aromatic N) is 2. The van der Waals surface area contributed by atoms with Crippen LogP contribution in [0.25, 0.3) is 11.1 Å². The first kappa shape index (κ1) is 10.7. The van der Waals surface area contributed by atoms with E-state index in [0.29, 0.717) is 16.7 Å². The van der Waals surface area contributed by atoms with Gasteiger partial charge in [-0.2, -0.15) is 0 Å². The number of hydrogen-bond acceptors (Lipinski definition) is 4. The van der Waals surface area contributed by atoms with Crippen molar-refractivity contribution < 1.29 is 4.74 Å². The maximum absolute atomic E-state index is 5.84. The van der Waals surface area contributed by atoms with E-state index in [2.05, 4.69) is 9.97 Å². The highest BCUT2D eigenvalue weighted by atomic mass is 35.5. The highest BCUT2D eigenvalue weighted by Gasteiger charge is 2.03. The zero-order valence-electron chi connectivity index (χ0n) is 8.64. The van der Waals surface area contributed by atoms with Crippen LogP contribution in [0.3, 0.4) is 0 Å². The van der Waals surface area contributed by atoms with Gasteiger partial charge in [0.2, 0.25) is 0 Å². The molecule has 0 spiro atoms. The molecule has 0 fully saturated rings. The molecule has 4 nitrogen and oxygen atoms in total. The van der Waals surface area contributed by atoms with Crippen molar-refractivity contribution in [3.8, 4) is 17.1 Å². The van der Waals surface area contributed by atoms with Crippen molar-refractivity contribution in [3.05, 3.63) is 35.6 Å². The lowest BCUT2D eigenvalue weighted by Crippen LogP contribution is -1.92. The van der Waals surface area contributed by atoms with Crippen LogP contribution >= 0.6 is 11.6 Å². The van der Waals surface area contributed by atoms with Crippen LogP contribution < -0.4 is 10.5 Å². The standard InChI is InChI=1S/C11H10ClN3O/c1-16-11-14-5-8(6-15-11)7-2-3-9(12)10(13)4-7/h2-6H,13H2,1H3. The summed E-state index contributed by atoms with van der Waals surface area (Å²) in [5, 5.41) is 0.540. The lowest BCUT2D eigenvalue weighted by molar-refractivity contribution is 0.380. The Balaban J connectivity index is 2.38. The third kappa shape index (κ3) is 2.06. The van der Waals surface area contributed by atoms with E-state index in [0.717, 1.165) is 11.1 Å². The van der Waals surface area contributed by atoms with Crippen LogP contribution in [-0.2, 0) is 0 Å². The van der Waals surface area contributed by atoms with E-state index in [9.17, 15) is 0 Å². The van der Waals surface area contributed by atoms with Crippen molar-refractivity contribution in [2.24, 2.45) is 0 Å². The summed E-state index contributed by atoms with van der Waals surface area (Å²) in [6.07, 6.45) is 3.35. The quantitative estimate of drug-likeness (QED) is 0.812. The summed E-state index contributed by atoms with van der Waals surface area (Å²) in [5.74, 6) is 0. The number of benzene rings is 1. The minimum absolute atomic E-state index is 0.339. The number of anilines is 1. The molecule has 16 heavy (non-hydrogen) atoms. The van der Waals surface area contributed by atoms with Gasteiger partial charge in [0.25, 0.3) is 0 Å². The molecule has 2 rings (SSSR count). The van der Waals surface area contributed by atoms with E-state index in [4.69, 9.17) is 22.1 Å². The molecule has 0 aliphatic carbocycles. The molecule has 1 heterocycles. The summed E-state index contributed by atoms with van der Waals surface area (Å²) in [6.45, 7) is 0. The zero-order valence-corrected chi connectivity index (χ0v) is 9.40. The van der Waals surface area contributed by atoms with E-state index < -0.39 is 0 Å².